The predicted octanol–water partition coefficient (Wildman–Crippen LogP) is 4.50. The highest BCUT2D eigenvalue weighted by atomic mass is 79.9. The van der Waals surface area contributed by atoms with Crippen LogP contribution in [0.4, 0.5) is 0 Å². The molecular formula is C14H13BrO. The van der Waals surface area contributed by atoms with Crippen molar-refractivity contribution in [3.8, 4) is 0 Å². The molecule has 0 amide bonds. The van der Waals surface area contributed by atoms with Crippen molar-refractivity contribution in [1.29, 1.82) is 0 Å². The molecule has 0 aliphatic rings. The van der Waals surface area contributed by atoms with Crippen molar-refractivity contribution in [3.63, 3.8) is 0 Å². The molecule has 16 heavy (non-hydrogen) atoms. The fourth-order valence-electron chi connectivity index (χ4n) is 1.73. The van der Waals surface area contributed by atoms with Crippen molar-refractivity contribution >= 4 is 32.5 Å². The van der Waals surface area contributed by atoms with Gasteiger partial charge < -0.3 is 0 Å². The van der Waals surface area contributed by atoms with Crippen LogP contribution in [-0.4, -0.2) is 5.78 Å². The molecule has 2 aromatic rings. The molecule has 1 unspecified atom stereocenters. The average molecular weight is 277 g/mol. The maximum atomic E-state index is 11.3. The van der Waals surface area contributed by atoms with Gasteiger partial charge in [-0.15, -0.1) is 0 Å². The molecule has 0 aromatic heterocycles. The summed E-state index contributed by atoms with van der Waals surface area (Å²) in [6.07, 6.45) is 0. The van der Waals surface area contributed by atoms with Gasteiger partial charge in [0, 0.05) is 10.4 Å². The minimum absolute atomic E-state index is 0.111. The summed E-state index contributed by atoms with van der Waals surface area (Å²) in [6, 6.07) is 12.1. The van der Waals surface area contributed by atoms with Crippen molar-refractivity contribution in [2.75, 3.05) is 0 Å². The Balaban J connectivity index is 2.57. The quantitative estimate of drug-likeness (QED) is 0.583. The van der Waals surface area contributed by atoms with Gasteiger partial charge in [0.2, 0.25) is 0 Å². The van der Waals surface area contributed by atoms with Crippen LogP contribution < -0.4 is 0 Å². The molecule has 0 aliphatic carbocycles. The zero-order valence-electron chi connectivity index (χ0n) is 9.33. The Hall–Kier alpha value is -1.15. The van der Waals surface area contributed by atoms with E-state index in [1.807, 2.05) is 18.2 Å². The van der Waals surface area contributed by atoms with Crippen LogP contribution in [0.25, 0.3) is 10.8 Å². The van der Waals surface area contributed by atoms with E-state index in [0.29, 0.717) is 4.83 Å². The molecule has 0 saturated carbocycles. The minimum Gasteiger partial charge on any atom is -0.295 e. The Bertz CT molecular complexity index is 543. The molecule has 0 fully saturated rings. The summed E-state index contributed by atoms with van der Waals surface area (Å²) in [5.74, 6) is 0.111. The highest BCUT2D eigenvalue weighted by Crippen LogP contribution is 2.26. The van der Waals surface area contributed by atoms with E-state index in [1.54, 1.807) is 6.92 Å². The second kappa shape index (κ2) is 4.38. The number of carbonyl (C=O) groups is 1. The number of ketones is 1. The van der Waals surface area contributed by atoms with E-state index < -0.39 is 0 Å². The van der Waals surface area contributed by atoms with Crippen molar-refractivity contribution in [2.24, 2.45) is 0 Å². The lowest BCUT2D eigenvalue weighted by atomic mass is 10.0. The maximum Gasteiger partial charge on any atom is 0.159 e. The summed E-state index contributed by atoms with van der Waals surface area (Å²) < 4.78 is 0. The van der Waals surface area contributed by atoms with Gasteiger partial charge in [-0.05, 0) is 36.2 Å². The van der Waals surface area contributed by atoms with Gasteiger partial charge in [-0.2, -0.15) is 0 Å². The van der Waals surface area contributed by atoms with Crippen molar-refractivity contribution in [2.45, 2.75) is 18.7 Å². The largest absolute Gasteiger partial charge is 0.295 e. The second-order valence-electron chi connectivity index (χ2n) is 3.99. The Morgan fingerprint density at radius 1 is 1.12 bits per heavy atom. The molecule has 0 heterocycles. The molecule has 0 bridgehead atoms. The van der Waals surface area contributed by atoms with Crippen LogP contribution in [0.1, 0.15) is 34.6 Å². The van der Waals surface area contributed by atoms with E-state index in [9.17, 15) is 4.79 Å². The smallest absolute Gasteiger partial charge is 0.159 e. The highest BCUT2D eigenvalue weighted by Gasteiger charge is 2.04. The number of benzene rings is 2. The Morgan fingerprint density at radius 2 is 1.75 bits per heavy atom. The van der Waals surface area contributed by atoms with Gasteiger partial charge in [-0.1, -0.05) is 46.3 Å². The summed E-state index contributed by atoms with van der Waals surface area (Å²) in [5, 5.41) is 2.29. The molecule has 0 N–H and O–H groups in total. The number of halogens is 1. The summed E-state index contributed by atoms with van der Waals surface area (Å²) >= 11 is 3.55. The molecule has 0 radical (unpaired) electrons. The summed E-state index contributed by atoms with van der Waals surface area (Å²) in [4.78, 5) is 11.6. The predicted molar refractivity (Wildman–Crippen MR) is 71.3 cm³/mol. The van der Waals surface area contributed by atoms with Gasteiger partial charge in [0.05, 0.1) is 0 Å². The zero-order valence-corrected chi connectivity index (χ0v) is 10.9. The Kier molecular flexibility index (Phi) is 3.10. The number of hydrogen-bond donors (Lipinski definition) is 0. The number of hydrogen-bond acceptors (Lipinski definition) is 1. The summed E-state index contributed by atoms with van der Waals surface area (Å²) in [5.41, 5.74) is 2.02. The standard InChI is InChI=1S/C14H13BrO/c1-9(15)11-3-5-14-8-12(10(2)16)4-6-13(14)7-11/h3-9H,1-2H3. The molecule has 2 aromatic carbocycles. The number of alkyl halides is 1. The number of carbonyl (C=O) groups excluding carboxylic acids is 1. The van der Waals surface area contributed by atoms with Gasteiger partial charge in [-0.25, -0.2) is 0 Å². The molecule has 0 saturated heterocycles. The van der Waals surface area contributed by atoms with Crippen molar-refractivity contribution in [3.05, 3.63) is 47.5 Å². The SMILES string of the molecule is CC(=O)c1ccc2cc(C(C)Br)ccc2c1. The topological polar surface area (TPSA) is 17.1 Å². The molecule has 82 valence electrons. The average Bonchev–Trinajstić information content (AvgIpc) is 2.27. The monoisotopic (exact) mass is 276 g/mol. The van der Waals surface area contributed by atoms with Crippen LogP contribution in [0.2, 0.25) is 0 Å². The van der Waals surface area contributed by atoms with Crippen molar-refractivity contribution < 1.29 is 4.79 Å². The van der Waals surface area contributed by atoms with E-state index in [0.717, 1.165) is 10.9 Å². The van der Waals surface area contributed by atoms with Crippen LogP contribution in [0.15, 0.2) is 36.4 Å². The minimum atomic E-state index is 0.111. The van der Waals surface area contributed by atoms with Gasteiger partial charge in [0.1, 0.15) is 0 Å². The second-order valence-corrected chi connectivity index (χ2v) is 5.37. The third-order valence-electron chi connectivity index (χ3n) is 2.73. The molecule has 2 rings (SSSR count). The van der Waals surface area contributed by atoms with E-state index in [1.165, 1.54) is 10.9 Å². The first-order valence-electron chi connectivity index (χ1n) is 5.26. The first-order chi connectivity index (χ1) is 7.58. The molecular weight excluding hydrogens is 264 g/mol. The Labute approximate surface area is 104 Å². The first-order valence-corrected chi connectivity index (χ1v) is 6.18. The zero-order chi connectivity index (χ0) is 11.7. The molecule has 1 atom stereocenters. The maximum absolute atomic E-state index is 11.3. The van der Waals surface area contributed by atoms with Crippen LogP contribution >= 0.6 is 15.9 Å². The van der Waals surface area contributed by atoms with Crippen LogP contribution in [0.3, 0.4) is 0 Å². The van der Waals surface area contributed by atoms with E-state index in [4.69, 9.17) is 0 Å². The summed E-state index contributed by atoms with van der Waals surface area (Å²) in [6.45, 7) is 3.70. The third-order valence-corrected chi connectivity index (χ3v) is 3.26. The van der Waals surface area contributed by atoms with E-state index in [2.05, 4.69) is 41.1 Å². The van der Waals surface area contributed by atoms with Crippen molar-refractivity contribution in [1.82, 2.24) is 0 Å². The van der Waals surface area contributed by atoms with Gasteiger partial charge in [-0.3, -0.25) is 4.79 Å². The van der Waals surface area contributed by atoms with Gasteiger partial charge in [0.25, 0.3) is 0 Å². The molecule has 0 aliphatic heterocycles. The van der Waals surface area contributed by atoms with Gasteiger partial charge >= 0.3 is 0 Å². The number of Topliss-reactive ketones (excluding diaryl/α,β-unsaturated/α-hetero) is 1. The third kappa shape index (κ3) is 2.17. The van der Waals surface area contributed by atoms with E-state index in [-0.39, 0.29) is 5.78 Å². The lowest BCUT2D eigenvalue weighted by Gasteiger charge is -2.06. The molecule has 2 heteroatoms. The molecule has 1 nitrogen and oxygen atoms in total. The highest BCUT2D eigenvalue weighted by molar-refractivity contribution is 9.09. The van der Waals surface area contributed by atoms with E-state index >= 15 is 0 Å². The lowest BCUT2D eigenvalue weighted by molar-refractivity contribution is 0.101. The summed E-state index contributed by atoms with van der Waals surface area (Å²) in [7, 11) is 0. The fourth-order valence-corrected chi connectivity index (χ4v) is 2.02. The molecule has 0 spiro atoms. The van der Waals surface area contributed by atoms with Crippen LogP contribution in [0.5, 0.6) is 0 Å². The lowest BCUT2D eigenvalue weighted by Crippen LogP contribution is -1.91. The van der Waals surface area contributed by atoms with Gasteiger partial charge in [0.15, 0.2) is 5.78 Å². The van der Waals surface area contributed by atoms with Crippen LogP contribution in [0, 0.1) is 0 Å². The Morgan fingerprint density at radius 3 is 2.38 bits per heavy atom. The fraction of sp³-hybridized carbons (Fsp3) is 0.214. The number of fused-ring (bicyclic) bond motifs is 1. The number of rotatable bonds is 2. The van der Waals surface area contributed by atoms with Crippen LogP contribution in [-0.2, 0) is 0 Å². The normalized spacial score (nSPS) is 12.7. The first kappa shape index (κ1) is 11.3.